The third-order valence-corrected chi connectivity index (χ3v) is 5.82. The number of carbonyl (C=O) groups is 1. The average Bonchev–Trinajstić information content (AvgIpc) is 2.86. The van der Waals surface area contributed by atoms with Gasteiger partial charge in [-0.2, -0.15) is 0 Å². The minimum absolute atomic E-state index is 0.0129. The van der Waals surface area contributed by atoms with Gasteiger partial charge in [-0.25, -0.2) is 18.6 Å². The molecule has 2 aliphatic heterocycles. The van der Waals surface area contributed by atoms with Crippen molar-refractivity contribution in [3.8, 4) is 0 Å². The standard InChI is InChI=1S/C23H31F2N7O2/c1-28-12-14(11-26)16-3-4-19(21(25)20(16)24)31-22(27)17-13-32(23(33)29-2)8-5-18(17)30-15-6-9-34-10-7-15/h3-4,11-12,15,30H,5-10,13,26H2,1-2H3,(H2,27,31)(H,29,33). The molecular weight excluding hydrogens is 444 g/mol. The number of nitrogens with two attached hydrogens (primary N) is 2. The first kappa shape index (κ1) is 25.2. The van der Waals surface area contributed by atoms with Gasteiger partial charge >= 0.3 is 6.03 Å². The maximum absolute atomic E-state index is 14.9. The Hall–Kier alpha value is -3.47. The summed E-state index contributed by atoms with van der Waals surface area (Å²) >= 11 is 0. The van der Waals surface area contributed by atoms with Gasteiger partial charge < -0.3 is 31.7 Å². The minimum atomic E-state index is -1.15. The molecule has 0 aromatic heterocycles. The molecule has 11 heteroatoms. The molecule has 2 aliphatic rings. The normalized spacial score (nSPS) is 18.5. The number of hydrogen-bond donors (Lipinski definition) is 4. The van der Waals surface area contributed by atoms with Crippen LogP contribution in [0.3, 0.4) is 0 Å². The van der Waals surface area contributed by atoms with Crippen molar-refractivity contribution < 1.29 is 18.3 Å². The quantitative estimate of drug-likeness (QED) is 0.369. The van der Waals surface area contributed by atoms with Crippen LogP contribution in [0.4, 0.5) is 19.3 Å². The van der Waals surface area contributed by atoms with Crippen LogP contribution in [0.1, 0.15) is 24.8 Å². The second kappa shape index (κ2) is 11.6. The summed E-state index contributed by atoms with van der Waals surface area (Å²) < 4.78 is 35.1. The van der Waals surface area contributed by atoms with E-state index in [1.165, 1.54) is 25.4 Å². The van der Waals surface area contributed by atoms with Crippen molar-refractivity contribution in [3.05, 3.63) is 46.8 Å². The van der Waals surface area contributed by atoms with Gasteiger partial charge in [-0.3, -0.25) is 4.99 Å². The van der Waals surface area contributed by atoms with Crippen molar-refractivity contribution >= 4 is 29.3 Å². The fraction of sp³-hybridized carbons (Fsp3) is 0.435. The number of amides is 2. The lowest BCUT2D eigenvalue weighted by Gasteiger charge is -2.33. The van der Waals surface area contributed by atoms with Gasteiger partial charge in [-0.15, -0.1) is 0 Å². The smallest absolute Gasteiger partial charge is 0.317 e. The fourth-order valence-corrected chi connectivity index (χ4v) is 3.96. The fourth-order valence-electron chi connectivity index (χ4n) is 3.96. The number of urea groups is 1. The van der Waals surface area contributed by atoms with Crippen molar-refractivity contribution in [2.45, 2.75) is 25.3 Å². The second-order valence-electron chi connectivity index (χ2n) is 7.98. The molecule has 1 aromatic carbocycles. The summed E-state index contributed by atoms with van der Waals surface area (Å²) in [6.45, 7) is 2.00. The molecule has 34 heavy (non-hydrogen) atoms. The first-order valence-corrected chi connectivity index (χ1v) is 11.1. The van der Waals surface area contributed by atoms with E-state index in [0.717, 1.165) is 24.7 Å². The van der Waals surface area contributed by atoms with Crippen LogP contribution in [0.25, 0.3) is 5.57 Å². The van der Waals surface area contributed by atoms with E-state index in [2.05, 4.69) is 20.6 Å². The van der Waals surface area contributed by atoms with Gasteiger partial charge in [0.1, 0.15) is 11.5 Å². The zero-order valence-electron chi connectivity index (χ0n) is 19.4. The lowest BCUT2D eigenvalue weighted by molar-refractivity contribution is 0.0798. The number of hydrogen-bond acceptors (Lipinski definition) is 6. The maximum atomic E-state index is 14.9. The molecule has 184 valence electrons. The van der Waals surface area contributed by atoms with Crippen LogP contribution in [0.2, 0.25) is 0 Å². The average molecular weight is 476 g/mol. The zero-order valence-corrected chi connectivity index (χ0v) is 19.4. The van der Waals surface area contributed by atoms with Crippen molar-refractivity contribution in [2.24, 2.45) is 21.5 Å². The van der Waals surface area contributed by atoms with Crippen LogP contribution >= 0.6 is 0 Å². The molecule has 3 rings (SSSR count). The van der Waals surface area contributed by atoms with Gasteiger partial charge in [0.2, 0.25) is 0 Å². The van der Waals surface area contributed by atoms with Crippen molar-refractivity contribution in [2.75, 3.05) is 40.4 Å². The van der Waals surface area contributed by atoms with E-state index in [-0.39, 0.29) is 41.3 Å². The van der Waals surface area contributed by atoms with Gasteiger partial charge in [-0.1, -0.05) is 0 Å². The Kier molecular flexibility index (Phi) is 8.58. The first-order chi connectivity index (χ1) is 16.4. The highest BCUT2D eigenvalue weighted by atomic mass is 19.2. The van der Waals surface area contributed by atoms with E-state index in [0.29, 0.717) is 31.8 Å². The molecule has 1 fully saturated rings. The predicted octanol–water partition coefficient (Wildman–Crippen LogP) is 2.02. The second-order valence-corrected chi connectivity index (χ2v) is 7.98. The number of amidine groups is 1. The van der Waals surface area contributed by atoms with Crippen molar-refractivity contribution in [1.29, 1.82) is 0 Å². The number of benzene rings is 1. The zero-order chi connectivity index (χ0) is 24.7. The van der Waals surface area contributed by atoms with E-state index >= 15 is 0 Å². The highest BCUT2D eigenvalue weighted by Crippen LogP contribution is 2.28. The number of halogens is 2. The lowest BCUT2D eigenvalue weighted by Crippen LogP contribution is -2.47. The number of aliphatic imine (C=N–C) groups is 2. The molecule has 9 nitrogen and oxygen atoms in total. The first-order valence-electron chi connectivity index (χ1n) is 11.1. The molecule has 2 heterocycles. The third-order valence-electron chi connectivity index (χ3n) is 5.82. The van der Waals surface area contributed by atoms with Crippen LogP contribution in [0.15, 0.2) is 39.6 Å². The van der Waals surface area contributed by atoms with Crippen molar-refractivity contribution in [3.63, 3.8) is 0 Å². The number of nitrogens with one attached hydrogen (secondary N) is 2. The predicted molar refractivity (Wildman–Crippen MR) is 129 cm³/mol. The summed E-state index contributed by atoms with van der Waals surface area (Å²) in [6, 6.07) is 2.65. The van der Waals surface area contributed by atoms with Crippen LogP contribution < -0.4 is 22.1 Å². The molecular formula is C23H31F2N7O2. The highest BCUT2D eigenvalue weighted by Gasteiger charge is 2.27. The van der Waals surface area contributed by atoms with E-state index < -0.39 is 11.6 Å². The van der Waals surface area contributed by atoms with E-state index in [1.807, 2.05) is 0 Å². The van der Waals surface area contributed by atoms with Crippen LogP contribution in [-0.4, -0.2) is 69.4 Å². The summed E-state index contributed by atoms with van der Waals surface area (Å²) in [4.78, 5) is 21.8. The van der Waals surface area contributed by atoms with Gasteiger partial charge in [-0.05, 0) is 25.0 Å². The summed E-state index contributed by atoms with van der Waals surface area (Å²) in [5, 5.41) is 6.10. The van der Waals surface area contributed by atoms with Gasteiger partial charge in [0.05, 0.1) is 6.54 Å². The molecule has 0 atom stereocenters. The molecule has 0 bridgehead atoms. The van der Waals surface area contributed by atoms with Crippen molar-refractivity contribution in [1.82, 2.24) is 15.5 Å². The Morgan fingerprint density at radius 3 is 2.65 bits per heavy atom. The Morgan fingerprint density at radius 2 is 2.00 bits per heavy atom. The minimum Gasteiger partial charge on any atom is -0.404 e. The molecule has 0 saturated carbocycles. The number of ether oxygens (including phenoxy) is 1. The van der Waals surface area contributed by atoms with E-state index in [1.54, 1.807) is 11.9 Å². The molecule has 0 radical (unpaired) electrons. The molecule has 0 unspecified atom stereocenters. The van der Waals surface area contributed by atoms with E-state index in [4.69, 9.17) is 16.2 Å². The summed E-state index contributed by atoms with van der Waals surface area (Å²) in [6.07, 6.45) is 4.70. The number of carbonyl (C=O) groups excluding carboxylic acids is 1. The number of rotatable bonds is 6. The molecule has 1 saturated heterocycles. The molecule has 0 aliphatic carbocycles. The Bertz CT molecular complexity index is 1030. The van der Waals surface area contributed by atoms with Gasteiger partial charge in [0.25, 0.3) is 0 Å². The highest BCUT2D eigenvalue weighted by molar-refractivity contribution is 6.09. The third kappa shape index (κ3) is 5.71. The number of allylic oxidation sites excluding steroid dienone is 1. The molecule has 0 spiro atoms. The molecule has 2 amide bonds. The largest absolute Gasteiger partial charge is 0.404 e. The number of nitrogens with zero attached hydrogens (tertiary/aromatic N) is 3. The van der Waals surface area contributed by atoms with Crippen LogP contribution in [-0.2, 0) is 4.74 Å². The summed E-state index contributed by atoms with van der Waals surface area (Å²) in [5.74, 6) is -2.24. The molecule has 6 N–H and O–H groups in total. The Morgan fingerprint density at radius 1 is 1.26 bits per heavy atom. The van der Waals surface area contributed by atoms with E-state index in [9.17, 15) is 13.6 Å². The SMILES string of the molecule is CN=CC(=CN)c1ccc(N=C(N)C2=C(NC3CCOCC3)CCN(C(=O)NC)C2)c(F)c1F. The molecule has 1 aromatic rings. The Balaban J connectivity index is 1.96. The lowest BCUT2D eigenvalue weighted by atomic mass is 10.0. The topological polar surface area (TPSA) is 130 Å². The van der Waals surface area contributed by atoms with Crippen LogP contribution in [0.5, 0.6) is 0 Å². The monoisotopic (exact) mass is 475 g/mol. The van der Waals surface area contributed by atoms with Gasteiger partial charge in [0.15, 0.2) is 11.6 Å². The summed E-state index contributed by atoms with van der Waals surface area (Å²) in [7, 11) is 3.05. The van der Waals surface area contributed by atoms with Gasteiger partial charge in [0, 0.05) is 81.1 Å². The Labute approximate surface area is 197 Å². The summed E-state index contributed by atoms with van der Waals surface area (Å²) in [5.41, 5.74) is 13.2. The maximum Gasteiger partial charge on any atom is 0.317 e. The van der Waals surface area contributed by atoms with Crippen LogP contribution in [0, 0.1) is 11.6 Å².